The molecule has 0 radical (unpaired) electrons. The van der Waals surface area contributed by atoms with Gasteiger partial charge in [0.2, 0.25) is 0 Å². The van der Waals surface area contributed by atoms with Crippen molar-refractivity contribution in [2.75, 3.05) is 19.6 Å². The van der Waals surface area contributed by atoms with E-state index in [9.17, 15) is 5.11 Å². The lowest BCUT2D eigenvalue weighted by Gasteiger charge is -2.23. The van der Waals surface area contributed by atoms with Gasteiger partial charge in [-0.15, -0.1) is 0 Å². The molecule has 3 nitrogen and oxygen atoms in total. The van der Waals surface area contributed by atoms with Gasteiger partial charge in [-0.2, -0.15) is 0 Å². The molecule has 3 N–H and O–H groups in total. The molecule has 0 saturated carbocycles. The normalized spacial score (nSPS) is 17.0. The second-order valence-electron chi connectivity index (χ2n) is 4.70. The minimum absolute atomic E-state index is 0.0313. The third kappa shape index (κ3) is 3.51. The average Bonchev–Trinajstić information content (AvgIpc) is 2.40. The van der Waals surface area contributed by atoms with Crippen molar-refractivity contribution in [3.8, 4) is 5.75 Å². The Labute approximate surface area is 117 Å². The van der Waals surface area contributed by atoms with Gasteiger partial charge in [-0.3, -0.25) is 0 Å². The molecule has 1 aromatic rings. The number of phenolic OH excluding ortho intramolecular Hbond substituents is 1. The summed E-state index contributed by atoms with van der Waals surface area (Å²) < 4.78 is 0. The average molecular weight is 289 g/mol. The van der Waals surface area contributed by atoms with Crippen molar-refractivity contribution in [3.63, 3.8) is 0 Å². The van der Waals surface area contributed by atoms with Crippen LogP contribution in [0.5, 0.6) is 5.75 Å². The minimum Gasteiger partial charge on any atom is -0.506 e. The van der Waals surface area contributed by atoms with Crippen LogP contribution in [0.25, 0.3) is 0 Å². The van der Waals surface area contributed by atoms with Crippen molar-refractivity contribution >= 4 is 23.2 Å². The van der Waals surface area contributed by atoms with Crippen LogP contribution in [0.2, 0.25) is 10.0 Å². The summed E-state index contributed by atoms with van der Waals surface area (Å²) in [5.41, 5.74) is 0.924. The van der Waals surface area contributed by atoms with Crippen LogP contribution in [0.3, 0.4) is 0 Å². The first-order chi connectivity index (χ1) is 8.68. The van der Waals surface area contributed by atoms with Crippen LogP contribution >= 0.6 is 23.2 Å². The molecule has 0 atom stereocenters. The number of aromatic hydroxyl groups is 1. The molecule has 1 heterocycles. The van der Waals surface area contributed by atoms with E-state index >= 15 is 0 Å². The first-order valence-electron chi connectivity index (χ1n) is 6.25. The Morgan fingerprint density at radius 1 is 1.22 bits per heavy atom. The highest BCUT2D eigenvalue weighted by Crippen LogP contribution is 2.33. The van der Waals surface area contributed by atoms with Crippen molar-refractivity contribution in [2.45, 2.75) is 19.4 Å². The first kappa shape index (κ1) is 13.9. The maximum Gasteiger partial charge on any atom is 0.135 e. The fourth-order valence-corrected chi connectivity index (χ4v) is 2.62. The third-order valence-electron chi connectivity index (χ3n) is 3.35. The number of rotatable bonds is 4. The van der Waals surface area contributed by atoms with E-state index in [0.29, 0.717) is 11.6 Å². The molecule has 1 aliphatic heterocycles. The Morgan fingerprint density at radius 3 is 2.67 bits per heavy atom. The van der Waals surface area contributed by atoms with Gasteiger partial charge in [-0.25, -0.2) is 0 Å². The Morgan fingerprint density at radius 2 is 1.94 bits per heavy atom. The van der Waals surface area contributed by atoms with Gasteiger partial charge in [-0.1, -0.05) is 29.3 Å². The standard InChI is InChI=1S/C13H18Cl2N2O/c14-12-10(1-2-11(18)13(12)15)8-17-7-9-3-5-16-6-4-9/h1-2,9,16-18H,3-8H2. The Kier molecular flexibility index (Phi) is 5.13. The van der Waals surface area contributed by atoms with Crippen LogP contribution in [-0.2, 0) is 6.54 Å². The second-order valence-corrected chi connectivity index (χ2v) is 5.45. The molecule has 0 spiro atoms. The van der Waals surface area contributed by atoms with Gasteiger partial charge in [0.1, 0.15) is 10.8 Å². The molecule has 1 aromatic carbocycles. The van der Waals surface area contributed by atoms with Crippen LogP contribution in [0, 0.1) is 5.92 Å². The fourth-order valence-electron chi connectivity index (χ4n) is 2.21. The summed E-state index contributed by atoms with van der Waals surface area (Å²) in [6, 6.07) is 3.38. The van der Waals surface area contributed by atoms with Crippen molar-refractivity contribution in [1.82, 2.24) is 10.6 Å². The molecule has 2 rings (SSSR count). The topological polar surface area (TPSA) is 44.3 Å². The van der Waals surface area contributed by atoms with Gasteiger partial charge in [0.15, 0.2) is 0 Å². The molecule has 100 valence electrons. The van der Waals surface area contributed by atoms with E-state index in [1.54, 1.807) is 12.1 Å². The van der Waals surface area contributed by atoms with E-state index in [4.69, 9.17) is 23.2 Å². The number of nitrogens with one attached hydrogen (secondary N) is 2. The summed E-state index contributed by atoms with van der Waals surface area (Å²) in [7, 11) is 0. The lowest BCUT2D eigenvalue weighted by molar-refractivity contribution is 0.356. The van der Waals surface area contributed by atoms with Gasteiger partial charge in [0, 0.05) is 6.54 Å². The number of hydrogen-bond acceptors (Lipinski definition) is 3. The first-order valence-corrected chi connectivity index (χ1v) is 7.01. The number of halogens is 2. The summed E-state index contributed by atoms with van der Waals surface area (Å²) in [6.07, 6.45) is 2.44. The van der Waals surface area contributed by atoms with Crippen molar-refractivity contribution in [3.05, 3.63) is 27.7 Å². The van der Waals surface area contributed by atoms with Gasteiger partial charge in [-0.05, 0) is 50.0 Å². The Balaban J connectivity index is 1.84. The van der Waals surface area contributed by atoms with Crippen molar-refractivity contribution < 1.29 is 5.11 Å². The predicted molar refractivity (Wildman–Crippen MR) is 75.4 cm³/mol. The fraction of sp³-hybridized carbons (Fsp3) is 0.538. The monoisotopic (exact) mass is 288 g/mol. The summed E-state index contributed by atoms with van der Waals surface area (Å²) >= 11 is 12.0. The van der Waals surface area contributed by atoms with Crippen LogP contribution in [0.15, 0.2) is 12.1 Å². The van der Waals surface area contributed by atoms with Gasteiger partial charge in [0.25, 0.3) is 0 Å². The predicted octanol–water partition coefficient (Wildman–Crippen LogP) is 2.79. The largest absolute Gasteiger partial charge is 0.506 e. The zero-order chi connectivity index (χ0) is 13.0. The molecule has 1 saturated heterocycles. The van der Waals surface area contributed by atoms with E-state index < -0.39 is 0 Å². The van der Waals surface area contributed by atoms with E-state index in [-0.39, 0.29) is 10.8 Å². The van der Waals surface area contributed by atoms with Gasteiger partial charge < -0.3 is 15.7 Å². The van der Waals surface area contributed by atoms with Gasteiger partial charge >= 0.3 is 0 Å². The van der Waals surface area contributed by atoms with Crippen LogP contribution in [-0.4, -0.2) is 24.7 Å². The summed E-state index contributed by atoms with van der Waals surface area (Å²) in [5.74, 6) is 0.765. The SMILES string of the molecule is Oc1ccc(CNCC2CCNCC2)c(Cl)c1Cl. The quantitative estimate of drug-likeness (QED) is 0.798. The number of benzene rings is 1. The highest BCUT2D eigenvalue weighted by atomic mass is 35.5. The zero-order valence-electron chi connectivity index (χ0n) is 10.2. The lowest BCUT2D eigenvalue weighted by atomic mass is 9.98. The zero-order valence-corrected chi connectivity index (χ0v) is 11.7. The molecule has 0 amide bonds. The Bertz CT molecular complexity index is 406. The second kappa shape index (κ2) is 6.62. The molecule has 0 unspecified atom stereocenters. The van der Waals surface area contributed by atoms with Crippen LogP contribution in [0.1, 0.15) is 18.4 Å². The molecule has 18 heavy (non-hydrogen) atoms. The van der Waals surface area contributed by atoms with E-state index in [1.807, 2.05) is 0 Å². The summed E-state index contributed by atoms with van der Waals surface area (Å²) in [6.45, 7) is 3.90. The highest BCUT2D eigenvalue weighted by Gasteiger charge is 2.13. The van der Waals surface area contributed by atoms with Crippen molar-refractivity contribution in [1.29, 1.82) is 0 Å². The van der Waals surface area contributed by atoms with Gasteiger partial charge in [0.05, 0.1) is 5.02 Å². The number of hydrogen-bond donors (Lipinski definition) is 3. The van der Waals surface area contributed by atoms with Crippen molar-refractivity contribution in [2.24, 2.45) is 5.92 Å². The molecule has 0 aliphatic carbocycles. The van der Waals surface area contributed by atoms with E-state index in [1.165, 1.54) is 12.8 Å². The summed E-state index contributed by atoms with van der Waals surface area (Å²) in [5, 5.41) is 16.8. The number of piperidine rings is 1. The summed E-state index contributed by atoms with van der Waals surface area (Å²) in [4.78, 5) is 0. The molecule has 0 bridgehead atoms. The van der Waals surface area contributed by atoms with Crippen LogP contribution < -0.4 is 10.6 Å². The molecular weight excluding hydrogens is 271 g/mol. The Hall–Kier alpha value is -0.480. The highest BCUT2D eigenvalue weighted by molar-refractivity contribution is 6.43. The third-order valence-corrected chi connectivity index (χ3v) is 4.26. The number of phenols is 1. The molecule has 0 aromatic heterocycles. The maximum atomic E-state index is 9.41. The molecule has 5 heteroatoms. The lowest BCUT2D eigenvalue weighted by Crippen LogP contribution is -2.33. The minimum atomic E-state index is 0.0313. The molecular formula is C13H18Cl2N2O. The maximum absolute atomic E-state index is 9.41. The molecule has 1 aliphatic rings. The van der Waals surface area contributed by atoms with E-state index in [0.717, 1.165) is 31.1 Å². The smallest absolute Gasteiger partial charge is 0.135 e. The molecule has 1 fully saturated rings. The van der Waals surface area contributed by atoms with E-state index in [2.05, 4.69) is 10.6 Å². The van der Waals surface area contributed by atoms with Crippen LogP contribution in [0.4, 0.5) is 0 Å².